The van der Waals surface area contributed by atoms with E-state index in [0.717, 1.165) is 0 Å². The van der Waals surface area contributed by atoms with Crippen molar-refractivity contribution in [1.82, 2.24) is 9.62 Å². The molecule has 118 valence electrons. The van der Waals surface area contributed by atoms with Crippen molar-refractivity contribution in [3.8, 4) is 0 Å². The molecule has 1 rings (SSSR count). The second kappa shape index (κ2) is 7.38. The van der Waals surface area contributed by atoms with E-state index in [1.54, 1.807) is 6.92 Å². The van der Waals surface area contributed by atoms with Crippen LogP contribution in [-0.2, 0) is 19.6 Å². The highest BCUT2D eigenvalue weighted by atomic mass is 32.2. The molecule has 0 aromatic carbocycles. The summed E-state index contributed by atoms with van der Waals surface area (Å²) < 4.78 is 29.7. The average Bonchev–Trinajstić information content (AvgIpc) is 2.35. The number of rotatable bonds is 6. The number of amides is 1. The number of carbonyl (C=O) groups is 1. The molecule has 1 N–H and O–H groups in total. The van der Waals surface area contributed by atoms with Gasteiger partial charge in [0.25, 0.3) is 0 Å². The lowest BCUT2D eigenvalue weighted by atomic mass is 10.1. The van der Waals surface area contributed by atoms with Gasteiger partial charge in [0.05, 0.1) is 6.26 Å². The van der Waals surface area contributed by atoms with Gasteiger partial charge in [0, 0.05) is 25.7 Å². The Hall–Kier alpha value is -0.660. The number of nitrogens with one attached hydrogen (secondary N) is 1. The third-order valence-electron chi connectivity index (χ3n) is 3.32. The fraction of sp³-hybridized carbons (Fsp3) is 0.923. The van der Waals surface area contributed by atoms with Gasteiger partial charge in [-0.2, -0.15) is 0 Å². The van der Waals surface area contributed by atoms with Crippen LogP contribution >= 0.6 is 0 Å². The lowest BCUT2D eigenvalue weighted by molar-refractivity contribution is -0.133. The molecule has 1 atom stereocenters. The first-order chi connectivity index (χ1) is 9.20. The summed E-state index contributed by atoms with van der Waals surface area (Å²) in [5.74, 6) is 0.270. The number of sulfonamides is 1. The highest BCUT2D eigenvalue weighted by molar-refractivity contribution is 7.88. The molecule has 0 aliphatic carbocycles. The third kappa shape index (κ3) is 5.76. The van der Waals surface area contributed by atoms with Crippen LogP contribution in [0.1, 0.15) is 33.6 Å². The highest BCUT2D eigenvalue weighted by Gasteiger charge is 2.26. The molecule has 0 aromatic rings. The second-order valence-corrected chi connectivity index (χ2v) is 7.80. The molecular formula is C13H26N2O4S. The van der Waals surface area contributed by atoms with Crippen LogP contribution in [0.15, 0.2) is 0 Å². The Kier molecular flexibility index (Phi) is 6.42. The van der Waals surface area contributed by atoms with Crippen LogP contribution in [0, 0.1) is 5.92 Å². The number of piperidine rings is 1. The van der Waals surface area contributed by atoms with Gasteiger partial charge in [-0.1, -0.05) is 13.8 Å². The minimum Gasteiger partial charge on any atom is -0.368 e. The lowest BCUT2D eigenvalue weighted by Gasteiger charge is -2.31. The number of ether oxygens (including phenoxy) is 1. The predicted octanol–water partition coefficient (Wildman–Crippen LogP) is 0.588. The monoisotopic (exact) mass is 306 g/mol. The maximum absolute atomic E-state index is 11.9. The summed E-state index contributed by atoms with van der Waals surface area (Å²) in [5.41, 5.74) is 0. The van der Waals surface area contributed by atoms with E-state index in [9.17, 15) is 13.2 Å². The van der Waals surface area contributed by atoms with Crippen molar-refractivity contribution in [2.75, 3.05) is 26.0 Å². The quantitative estimate of drug-likeness (QED) is 0.779. The van der Waals surface area contributed by atoms with Crippen LogP contribution in [0.4, 0.5) is 0 Å². The van der Waals surface area contributed by atoms with Crippen LogP contribution in [0.2, 0.25) is 0 Å². The van der Waals surface area contributed by atoms with E-state index in [1.165, 1.54) is 10.6 Å². The van der Waals surface area contributed by atoms with Gasteiger partial charge in [-0.3, -0.25) is 4.79 Å². The van der Waals surface area contributed by atoms with E-state index in [1.807, 2.05) is 13.8 Å². The Morgan fingerprint density at radius 1 is 1.30 bits per heavy atom. The standard InChI is InChI=1S/C13H26N2O4S/c1-10(2)9-19-11(3)13(16)14-12-5-7-15(8-6-12)20(4,17)18/h10-12H,5-9H2,1-4H3,(H,14,16). The maximum Gasteiger partial charge on any atom is 0.249 e. The number of carbonyl (C=O) groups excluding carboxylic acids is 1. The van der Waals surface area contributed by atoms with E-state index in [-0.39, 0.29) is 11.9 Å². The van der Waals surface area contributed by atoms with Gasteiger partial charge in [0.15, 0.2) is 0 Å². The zero-order valence-electron chi connectivity index (χ0n) is 12.8. The Labute approximate surface area is 121 Å². The molecule has 1 aliphatic rings. The first kappa shape index (κ1) is 17.4. The van der Waals surface area contributed by atoms with Crippen molar-refractivity contribution in [2.24, 2.45) is 5.92 Å². The minimum absolute atomic E-state index is 0.0330. The number of hydrogen-bond donors (Lipinski definition) is 1. The van der Waals surface area contributed by atoms with Crippen molar-refractivity contribution in [3.05, 3.63) is 0 Å². The van der Waals surface area contributed by atoms with Gasteiger partial charge in [0.1, 0.15) is 6.10 Å². The van der Waals surface area contributed by atoms with Crippen molar-refractivity contribution >= 4 is 15.9 Å². The molecular weight excluding hydrogens is 280 g/mol. The van der Waals surface area contributed by atoms with Gasteiger partial charge in [0.2, 0.25) is 15.9 Å². The van der Waals surface area contributed by atoms with Gasteiger partial charge in [-0.25, -0.2) is 12.7 Å². The first-order valence-electron chi connectivity index (χ1n) is 7.07. The maximum atomic E-state index is 11.9. The van der Waals surface area contributed by atoms with Crippen molar-refractivity contribution < 1.29 is 17.9 Å². The second-order valence-electron chi connectivity index (χ2n) is 5.81. The molecule has 0 bridgehead atoms. The fourth-order valence-corrected chi connectivity index (χ4v) is 2.94. The topological polar surface area (TPSA) is 75.7 Å². The van der Waals surface area contributed by atoms with E-state index in [0.29, 0.717) is 38.5 Å². The zero-order chi connectivity index (χ0) is 15.3. The van der Waals surface area contributed by atoms with Crippen LogP contribution in [0.25, 0.3) is 0 Å². The predicted molar refractivity (Wildman–Crippen MR) is 77.8 cm³/mol. The summed E-state index contributed by atoms with van der Waals surface area (Å²) in [7, 11) is -3.12. The molecule has 1 unspecified atom stereocenters. The summed E-state index contributed by atoms with van der Waals surface area (Å²) in [6, 6.07) is 0.0330. The van der Waals surface area contributed by atoms with Crippen LogP contribution in [0.5, 0.6) is 0 Å². The Bertz CT molecular complexity index is 414. The minimum atomic E-state index is -3.12. The molecule has 0 spiro atoms. The summed E-state index contributed by atoms with van der Waals surface area (Å²) in [5, 5.41) is 2.93. The molecule has 6 nitrogen and oxygen atoms in total. The first-order valence-corrected chi connectivity index (χ1v) is 8.92. The smallest absolute Gasteiger partial charge is 0.249 e. The van der Waals surface area contributed by atoms with Crippen molar-refractivity contribution in [3.63, 3.8) is 0 Å². The lowest BCUT2D eigenvalue weighted by Crippen LogP contribution is -2.48. The van der Waals surface area contributed by atoms with Gasteiger partial charge in [-0.15, -0.1) is 0 Å². The Morgan fingerprint density at radius 2 is 1.85 bits per heavy atom. The van der Waals surface area contributed by atoms with Crippen LogP contribution in [-0.4, -0.2) is 56.7 Å². The summed E-state index contributed by atoms with van der Waals surface area (Å²) in [6.07, 6.45) is 2.05. The highest BCUT2D eigenvalue weighted by Crippen LogP contribution is 2.13. The molecule has 1 fully saturated rings. The third-order valence-corrected chi connectivity index (χ3v) is 4.62. The SMILES string of the molecule is CC(C)COC(C)C(=O)NC1CCN(S(C)(=O)=O)CC1. The molecule has 1 aliphatic heterocycles. The van der Waals surface area contributed by atoms with Gasteiger partial charge >= 0.3 is 0 Å². The van der Waals surface area contributed by atoms with Crippen molar-refractivity contribution in [1.29, 1.82) is 0 Å². The normalized spacial score (nSPS) is 20.1. The Morgan fingerprint density at radius 3 is 2.30 bits per heavy atom. The van der Waals surface area contributed by atoms with E-state index >= 15 is 0 Å². The largest absolute Gasteiger partial charge is 0.368 e. The van der Waals surface area contributed by atoms with Crippen LogP contribution in [0.3, 0.4) is 0 Å². The summed E-state index contributed by atoms with van der Waals surface area (Å²) >= 11 is 0. The number of hydrogen-bond acceptors (Lipinski definition) is 4. The molecule has 0 saturated carbocycles. The fourth-order valence-electron chi connectivity index (χ4n) is 2.06. The van der Waals surface area contributed by atoms with Crippen molar-refractivity contribution in [2.45, 2.75) is 45.8 Å². The average molecular weight is 306 g/mol. The van der Waals surface area contributed by atoms with Gasteiger partial charge < -0.3 is 10.1 Å². The summed E-state index contributed by atoms with van der Waals surface area (Å²) in [4.78, 5) is 11.9. The Balaban J connectivity index is 2.34. The van der Waals surface area contributed by atoms with Crippen LogP contribution < -0.4 is 5.32 Å². The summed E-state index contributed by atoms with van der Waals surface area (Å²) in [6.45, 7) is 7.29. The molecule has 20 heavy (non-hydrogen) atoms. The molecule has 1 amide bonds. The number of nitrogens with zero attached hydrogens (tertiary/aromatic N) is 1. The molecule has 1 heterocycles. The molecule has 1 saturated heterocycles. The van der Waals surface area contributed by atoms with E-state index < -0.39 is 16.1 Å². The molecule has 0 radical (unpaired) electrons. The molecule has 7 heteroatoms. The molecule has 0 aromatic heterocycles. The van der Waals surface area contributed by atoms with E-state index in [2.05, 4.69) is 5.32 Å². The van der Waals surface area contributed by atoms with E-state index in [4.69, 9.17) is 4.74 Å². The zero-order valence-corrected chi connectivity index (χ0v) is 13.6. The van der Waals surface area contributed by atoms with Gasteiger partial charge in [-0.05, 0) is 25.7 Å².